The molecule has 0 aliphatic rings. The third-order valence-corrected chi connectivity index (χ3v) is 5.53. The summed E-state index contributed by atoms with van der Waals surface area (Å²) >= 11 is 0. The minimum Gasteiger partial charge on any atom is -0.496 e. The summed E-state index contributed by atoms with van der Waals surface area (Å²) in [5, 5.41) is 20.3. The van der Waals surface area contributed by atoms with Gasteiger partial charge in [-0.3, -0.25) is 4.90 Å². The molecule has 0 bridgehead atoms. The molecule has 0 fully saturated rings. The average Bonchev–Trinajstić information content (AvgIpc) is 2.88. The highest BCUT2D eigenvalue weighted by atomic mass is 16.5. The molecule has 168 valence electrons. The summed E-state index contributed by atoms with van der Waals surface area (Å²) in [6, 6.07) is 24.2. The SMILES string of the molecule is CCN(CC)Cc1cc(Nc2nnc(-c3cccc(-c4ccccc4)c3)nn2)ccc1OC. The number of hydrogen-bond donors (Lipinski definition) is 1. The Morgan fingerprint density at radius 2 is 1.45 bits per heavy atom. The maximum absolute atomic E-state index is 5.54. The predicted molar refractivity (Wildman–Crippen MR) is 131 cm³/mol. The summed E-state index contributed by atoms with van der Waals surface area (Å²) in [4.78, 5) is 2.33. The van der Waals surface area contributed by atoms with Gasteiger partial charge in [-0.15, -0.1) is 20.4 Å². The van der Waals surface area contributed by atoms with E-state index in [4.69, 9.17) is 4.74 Å². The number of methoxy groups -OCH3 is 1. The van der Waals surface area contributed by atoms with Gasteiger partial charge >= 0.3 is 0 Å². The van der Waals surface area contributed by atoms with Crippen LogP contribution in [0.5, 0.6) is 5.75 Å². The van der Waals surface area contributed by atoms with Crippen molar-refractivity contribution in [1.82, 2.24) is 25.3 Å². The Hall–Kier alpha value is -3.84. The highest BCUT2D eigenvalue weighted by Gasteiger charge is 2.11. The Balaban J connectivity index is 1.51. The van der Waals surface area contributed by atoms with Crippen molar-refractivity contribution < 1.29 is 4.74 Å². The van der Waals surface area contributed by atoms with Crippen LogP contribution in [0.2, 0.25) is 0 Å². The molecule has 0 radical (unpaired) electrons. The molecule has 0 saturated heterocycles. The molecule has 0 aliphatic heterocycles. The van der Waals surface area contributed by atoms with Crippen molar-refractivity contribution >= 4 is 11.6 Å². The zero-order valence-electron chi connectivity index (χ0n) is 19.2. The fourth-order valence-electron chi connectivity index (χ4n) is 3.66. The van der Waals surface area contributed by atoms with Gasteiger partial charge in [0.25, 0.3) is 5.95 Å². The summed E-state index contributed by atoms with van der Waals surface area (Å²) in [6.45, 7) is 7.06. The predicted octanol–water partition coefficient (Wildman–Crippen LogP) is 5.19. The number of benzene rings is 3. The highest BCUT2D eigenvalue weighted by molar-refractivity contribution is 5.70. The first-order valence-electron chi connectivity index (χ1n) is 11.1. The number of ether oxygens (including phenoxy) is 1. The van der Waals surface area contributed by atoms with Crippen LogP contribution in [-0.2, 0) is 6.54 Å². The zero-order chi connectivity index (χ0) is 23.0. The van der Waals surface area contributed by atoms with Crippen LogP contribution in [0.15, 0.2) is 72.8 Å². The quantitative estimate of drug-likeness (QED) is 0.384. The second-order valence-corrected chi connectivity index (χ2v) is 7.61. The van der Waals surface area contributed by atoms with Crippen LogP contribution < -0.4 is 10.1 Å². The van der Waals surface area contributed by atoms with Gasteiger partial charge in [0.1, 0.15) is 5.75 Å². The van der Waals surface area contributed by atoms with Crippen LogP contribution in [-0.4, -0.2) is 45.5 Å². The van der Waals surface area contributed by atoms with E-state index in [0.717, 1.165) is 53.3 Å². The largest absolute Gasteiger partial charge is 0.496 e. The molecule has 3 aromatic carbocycles. The van der Waals surface area contributed by atoms with Crippen molar-refractivity contribution in [3.8, 4) is 28.3 Å². The number of nitrogens with one attached hydrogen (secondary N) is 1. The Bertz CT molecular complexity index is 1180. The highest BCUT2D eigenvalue weighted by Crippen LogP contribution is 2.26. The van der Waals surface area contributed by atoms with Crippen LogP contribution in [0.4, 0.5) is 11.6 Å². The number of nitrogens with zero attached hydrogens (tertiary/aromatic N) is 5. The molecule has 0 aliphatic carbocycles. The molecule has 1 aromatic heterocycles. The van der Waals surface area contributed by atoms with Gasteiger partial charge in [0.2, 0.25) is 5.82 Å². The molecule has 4 rings (SSSR count). The van der Waals surface area contributed by atoms with Gasteiger partial charge in [-0.1, -0.05) is 62.4 Å². The minimum atomic E-state index is 0.344. The monoisotopic (exact) mass is 440 g/mol. The number of hydrogen-bond acceptors (Lipinski definition) is 7. The van der Waals surface area contributed by atoms with Gasteiger partial charge in [-0.25, -0.2) is 0 Å². The molecule has 33 heavy (non-hydrogen) atoms. The summed E-state index contributed by atoms with van der Waals surface area (Å²) in [7, 11) is 1.69. The van der Waals surface area contributed by atoms with E-state index >= 15 is 0 Å². The molecular formula is C26H28N6O. The Labute approximate surface area is 194 Å². The first-order valence-corrected chi connectivity index (χ1v) is 11.1. The first-order chi connectivity index (χ1) is 16.2. The first kappa shape index (κ1) is 22.4. The van der Waals surface area contributed by atoms with Crippen molar-refractivity contribution in [3.05, 3.63) is 78.4 Å². The maximum atomic E-state index is 5.54. The number of rotatable bonds is 9. The van der Waals surface area contributed by atoms with E-state index in [0.29, 0.717) is 11.8 Å². The number of aromatic nitrogens is 4. The standard InChI is InChI=1S/C26H28N6O/c1-4-32(5-2)18-22-17-23(14-15-24(22)33-3)27-26-30-28-25(29-31-26)21-13-9-12-20(16-21)19-10-7-6-8-11-19/h6-17H,4-5,18H2,1-3H3,(H,27,30,31). The van der Waals surface area contributed by atoms with E-state index in [1.54, 1.807) is 7.11 Å². The molecule has 0 amide bonds. The Morgan fingerprint density at radius 3 is 2.15 bits per heavy atom. The van der Waals surface area contributed by atoms with E-state index in [2.05, 4.69) is 68.7 Å². The molecule has 7 nitrogen and oxygen atoms in total. The van der Waals surface area contributed by atoms with Gasteiger partial charge in [-0.2, -0.15) is 0 Å². The maximum Gasteiger partial charge on any atom is 0.266 e. The van der Waals surface area contributed by atoms with Gasteiger partial charge < -0.3 is 10.1 Å². The lowest BCUT2D eigenvalue weighted by molar-refractivity contribution is 0.289. The summed E-state index contributed by atoms with van der Waals surface area (Å²) in [5.74, 6) is 1.69. The summed E-state index contributed by atoms with van der Waals surface area (Å²) in [6.07, 6.45) is 0. The van der Waals surface area contributed by atoms with Gasteiger partial charge in [0, 0.05) is 23.4 Å². The van der Waals surface area contributed by atoms with Crippen molar-refractivity contribution in [1.29, 1.82) is 0 Å². The van der Waals surface area contributed by atoms with Gasteiger partial charge in [0.05, 0.1) is 7.11 Å². The van der Waals surface area contributed by atoms with Crippen molar-refractivity contribution in [2.24, 2.45) is 0 Å². The zero-order valence-corrected chi connectivity index (χ0v) is 19.2. The topological polar surface area (TPSA) is 76.1 Å². The summed E-state index contributed by atoms with van der Waals surface area (Å²) in [5.41, 5.74) is 5.06. The molecule has 4 aromatic rings. The third-order valence-electron chi connectivity index (χ3n) is 5.53. The minimum absolute atomic E-state index is 0.344. The second-order valence-electron chi connectivity index (χ2n) is 7.61. The smallest absolute Gasteiger partial charge is 0.266 e. The van der Waals surface area contributed by atoms with Gasteiger partial charge in [0.15, 0.2) is 0 Å². The van der Waals surface area contributed by atoms with Crippen molar-refractivity contribution in [3.63, 3.8) is 0 Å². The van der Waals surface area contributed by atoms with Crippen LogP contribution in [0.1, 0.15) is 19.4 Å². The van der Waals surface area contributed by atoms with E-state index in [9.17, 15) is 0 Å². The number of anilines is 2. The Morgan fingerprint density at radius 1 is 0.758 bits per heavy atom. The van der Waals surface area contributed by atoms with Crippen molar-refractivity contribution in [2.45, 2.75) is 20.4 Å². The molecule has 0 saturated carbocycles. The van der Waals surface area contributed by atoms with E-state index in [1.807, 2.05) is 48.5 Å². The molecule has 0 atom stereocenters. The average molecular weight is 441 g/mol. The Kier molecular flexibility index (Phi) is 7.22. The van der Waals surface area contributed by atoms with Crippen LogP contribution >= 0.6 is 0 Å². The van der Waals surface area contributed by atoms with E-state index in [1.165, 1.54) is 0 Å². The van der Waals surface area contributed by atoms with Gasteiger partial charge in [-0.05, 0) is 48.5 Å². The lowest BCUT2D eigenvalue weighted by Crippen LogP contribution is -2.22. The summed E-state index contributed by atoms with van der Waals surface area (Å²) < 4.78 is 5.54. The molecule has 7 heteroatoms. The molecule has 1 N–H and O–H groups in total. The fourth-order valence-corrected chi connectivity index (χ4v) is 3.66. The van der Waals surface area contributed by atoms with Crippen LogP contribution in [0, 0.1) is 0 Å². The molecule has 0 spiro atoms. The van der Waals surface area contributed by atoms with Crippen LogP contribution in [0.25, 0.3) is 22.5 Å². The lowest BCUT2D eigenvalue weighted by Gasteiger charge is -2.20. The van der Waals surface area contributed by atoms with Crippen LogP contribution in [0.3, 0.4) is 0 Å². The van der Waals surface area contributed by atoms with E-state index < -0.39 is 0 Å². The normalized spacial score (nSPS) is 10.9. The fraction of sp³-hybridized carbons (Fsp3) is 0.231. The molecular weight excluding hydrogens is 412 g/mol. The molecule has 0 unspecified atom stereocenters. The lowest BCUT2D eigenvalue weighted by atomic mass is 10.0. The van der Waals surface area contributed by atoms with E-state index in [-0.39, 0.29) is 0 Å². The van der Waals surface area contributed by atoms with Crippen molar-refractivity contribution in [2.75, 3.05) is 25.5 Å². The third kappa shape index (κ3) is 5.51. The molecule has 1 heterocycles. The second kappa shape index (κ2) is 10.7.